The maximum Gasteiger partial charge on any atom is 0.255 e. The second-order valence-corrected chi connectivity index (χ2v) is 11.6. The van der Waals surface area contributed by atoms with Gasteiger partial charge in [-0.2, -0.15) is 0 Å². The molecule has 3 atom stereocenters. The molecule has 232 valence electrons. The van der Waals surface area contributed by atoms with Gasteiger partial charge in [0, 0.05) is 26.2 Å². The minimum absolute atomic E-state index is 0.0474. The summed E-state index contributed by atoms with van der Waals surface area (Å²) >= 11 is 0. The lowest BCUT2D eigenvalue weighted by Crippen LogP contribution is -2.61. The number of benzene rings is 1. The van der Waals surface area contributed by atoms with Crippen molar-refractivity contribution in [2.45, 2.75) is 64.7 Å². The minimum Gasteiger partial charge on any atom is -0.491 e. The van der Waals surface area contributed by atoms with Gasteiger partial charge in [0.2, 0.25) is 23.6 Å². The van der Waals surface area contributed by atoms with Crippen LogP contribution in [-0.2, 0) is 23.9 Å². The lowest BCUT2D eigenvalue weighted by molar-refractivity contribution is -0.136. The molecule has 0 saturated carbocycles. The van der Waals surface area contributed by atoms with E-state index in [-0.39, 0.29) is 23.8 Å². The van der Waals surface area contributed by atoms with Crippen LogP contribution in [0, 0.1) is 5.92 Å². The second-order valence-electron chi connectivity index (χ2n) is 11.6. The Morgan fingerprint density at radius 1 is 1.07 bits per heavy atom. The van der Waals surface area contributed by atoms with Crippen LogP contribution in [0.4, 0.5) is 0 Å². The molecule has 0 spiro atoms. The van der Waals surface area contributed by atoms with Crippen LogP contribution in [0.25, 0.3) is 0 Å². The fourth-order valence-corrected chi connectivity index (χ4v) is 4.60. The van der Waals surface area contributed by atoms with Crippen molar-refractivity contribution in [3.8, 4) is 5.75 Å². The maximum absolute atomic E-state index is 13.4. The number of nitrogens with zero attached hydrogens (tertiary/aromatic N) is 1. The number of rotatable bonds is 5. The number of nitrogens with one attached hydrogen (secondary N) is 5. The summed E-state index contributed by atoms with van der Waals surface area (Å²) < 4.78 is 11.2. The Kier molecular flexibility index (Phi) is 11.7. The van der Waals surface area contributed by atoms with E-state index in [1.54, 1.807) is 45.0 Å². The smallest absolute Gasteiger partial charge is 0.255 e. The Labute approximate surface area is 246 Å². The van der Waals surface area contributed by atoms with Crippen LogP contribution in [0.15, 0.2) is 24.3 Å². The van der Waals surface area contributed by atoms with Crippen molar-refractivity contribution in [2.75, 3.05) is 46.0 Å². The highest BCUT2D eigenvalue weighted by molar-refractivity contribution is 6.01. The lowest BCUT2D eigenvalue weighted by atomic mass is 9.98. The molecule has 5 N–H and O–H groups in total. The predicted octanol–water partition coefficient (Wildman–Crippen LogP) is -0.444. The van der Waals surface area contributed by atoms with Crippen molar-refractivity contribution < 1.29 is 33.4 Å². The molecule has 2 heterocycles. The summed E-state index contributed by atoms with van der Waals surface area (Å²) in [5.41, 5.74) is -1.25. The molecule has 0 bridgehead atoms. The molecule has 1 saturated heterocycles. The minimum atomic E-state index is -1.42. The fourth-order valence-electron chi connectivity index (χ4n) is 4.60. The molecule has 2 aliphatic rings. The summed E-state index contributed by atoms with van der Waals surface area (Å²) in [5, 5.41) is 13.7. The predicted molar refractivity (Wildman–Crippen MR) is 155 cm³/mol. The standard InChI is InChI=1S/C29H44N6O7/c1-18(2)24-27(39)31-19(3)17-42-22-9-7-6-8-20(22)25(37)32-21(16-23(36)34-29(4,5)28(40)33-24)26(38)30-10-11-35-12-14-41-15-13-35/h6-9,18-19,21,24H,10-17H2,1-5H3,(H,30,38)(H,31,39)(H,32,37)(H,33,40)(H,34,36)/t19-,21-,24+/m0/s1. The van der Waals surface area contributed by atoms with Crippen molar-refractivity contribution >= 4 is 29.5 Å². The van der Waals surface area contributed by atoms with Gasteiger partial charge in [-0.25, -0.2) is 0 Å². The first-order valence-electron chi connectivity index (χ1n) is 14.4. The van der Waals surface area contributed by atoms with Gasteiger partial charge in [-0.15, -0.1) is 0 Å². The number of carbonyl (C=O) groups is 5. The van der Waals surface area contributed by atoms with Gasteiger partial charge in [-0.3, -0.25) is 28.9 Å². The number of para-hydroxylation sites is 1. The molecule has 0 unspecified atom stereocenters. The third-order valence-corrected chi connectivity index (χ3v) is 7.11. The largest absolute Gasteiger partial charge is 0.491 e. The molecule has 2 aliphatic heterocycles. The van der Waals surface area contributed by atoms with E-state index in [1.807, 2.05) is 0 Å². The van der Waals surface area contributed by atoms with Gasteiger partial charge in [-0.05, 0) is 38.8 Å². The molecule has 1 aromatic rings. The van der Waals surface area contributed by atoms with Crippen molar-refractivity contribution in [3.63, 3.8) is 0 Å². The molecule has 13 heteroatoms. The van der Waals surface area contributed by atoms with Gasteiger partial charge in [0.25, 0.3) is 5.91 Å². The summed E-state index contributed by atoms with van der Waals surface area (Å²) in [6, 6.07) is 3.97. The normalized spacial score (nSPS) is 24.7. The Balaban J connectivity index is 1.85. The van der Waals surface area contributed by atoms with Crippen LogP contribution >= 0.6 is 0 Å². The number of morpholine rings is 1. The van der Waals surface area contributed by atoms with Gasteiger partial charge < -0.3 is 36.1 Å². The third-order valence-electron chi connectivity index (χ3n) is 7.11. The van der Waals surface area contributed by atoms with E-state index in [9.17, 15) is 24.0 Å². The summed E-state index contributed by atoms with van der Waals surface area (Å²) in [4.78, 5) is 68.2. The van der Waals surface area contributed by atoms with E-state index in [2.05, 4.69) is 31.5 Å². The molecule has 0 radical (unpaired) electrons. The number of hydrogen-bond donors (Lipinski definition) is 5. The van der Waals surface area contributed by atoms with E-state index in [1.165, 1.54) is 13.8 Å². The van der Waals surface area contributed by atoms with Crippen LogP contribution in [0.5, 0.6) is 5.75 Å². The summed E-state index contributed by atoms with van der Waals surface area (Å²) in [6.07, 6.45) is -0.417. The van der Waals surface area contributed by atoms with E-state index in [4.69, 9.17) is 9.47 Å². The fraction of sp³-hybridized carbons (Fsp3) is 0.621. The SMILES string of the molecule is CC(C)[C@H]1NC(=O)C(C)(C)NC(=O)C[C@@H](C(=O)NCCN2CCOCC2)NC(=O)c2ccccc2OC[C@H](C)NC1=O. The van der Waals surface area contributed by atoms with Gasteiger partial charge in [0.15, 0.2) is 0 Å². The van der Waals surface area contributed by atoms with E-state index < -0.39 is 59.6 Å². The maximum atomic E-state index is 13.4. The first-order valence-corrected chi connectivity index (χ1v) is 14.4. The van der Waals surface area contributed by atoms with Crippen LogP contribution in [-0.4, -0.2) is 104 Å². The summed E-state index contributed by atoms with van der Waals surface area (Å²) in [5.74, 6) is -2.73. The van der Waals surface area contributed by atoms with Gasteiger partial charge in [0.05, 0.1) is 31.2 Å². The van der Waals surface area contributed by atoms with Gasteiger partial charge in [0.1, 0.15) is 30.0 Å². The average molecular weight is 589 g/mol. The zero-order chi connectivity index (χ0) is 30.9. The zero-order valence-electron chi connectivity index (χ0n) is 25.1. The number of ether oxygens (including phenoxy) is 2. The van der Waals surface area contributed by atoms with E-state index in [0.717, 1.165) is 13.1 Å². The highest BCUT2D eigenvalue weighted by Gasteiger charge is 2.36. The molecule has 5 amide bonds. The second kappa shape index (κ2) is 15.0. The highest BCUT2D eigenvalue weighted by atomic mass is 16.5. The third kappa shape index (κ3) is 9.41. The number of hydrogen-bond acceptors (Lipinski definition) is 8. The van der Waals surface area contributed by atoms with Crippen molar-refractivity contribution in [2.24, 2.45) is 5.92 Å². The van der Waals surface area contributed by atoms with Crippen LogP contribution in [0.2, 0.25) is 0 Å². The summed E-state index contributed by atoms with van der Waals surface area (Å²) in [6.45, 7) is 12.1. The van der Waals surface area contributed by atoms with Gasteiger partial charge >= 0.3 is 0 Å². The quantitative estimate of drug-likeness (QED) is 0.309. The Morgan fingerprint density at radius 3 is 2.45 bits per heavy atom. The monoisotopic (exact) mass is 588 g/mol. The van der Waals surface area contributed by atoms with Gasteiger partial charge in [-0.1, -0.05) is 26.0 Å². The molecule has 1 fully saturated rings. The molecule has 1 aromatic carbocycles. The first kappa shape index (κ1) is 32.8. The Hall–Kier alpha value is -3.71. The Morgan fingerprint density at radius 2 is 1.76 bits per heavy atom. The molecule has 13 nitrogen and oxygen atoms in total. The Bertz CT molecular complexity index is 1140. The molecule has 0 aliphatic carbocycles. The number of amides is 5. The molecule has 0 aromatic heterocycles. The van der Waals surface area contributed by atoms with E-state index >= 15 is 0 Å². The van der Waals surface area contributed by atoms with Crippen molar-refractivity contribution in [3.05, 3.63) is 29.8 Å². The molecular formula is C29H44N6O7. The topological polar surface area (TPSA) is 167 Å². The summed E-state index contributed by atoms with van der Waals surface area (Å²) in [7, 11) is 0. The highest BCUT2D eigenvalue weighted by Crippen LogP contribution is 2.19. The molecular weight excluding hydrogens is 544 g/mol. The average Bonchev–Trinajstić information content (AvgIpc) is 2.93. The molecule has 42 heavy (non-hydrogen) atoms. The zero-order valence-corrected chi connectivity index (χ0v) is 25.1. The first-order chi connectivity index (χ1) is 19.9. The van der Waals surface area contributed by atoms with Crippen molar-refractivity contribution in [1.29, 1.82) is 0 Å². The van der Waals surface area contributed by atoms with Crippen LogP contribution in [0.3, 0.4) is 0 Å². The molecule has 3 rings (SSSR count). The van der Waals surface area contributed by atoms with Crippen molar-refractivity contribution in [1.82, 2.24) is 31.5 Å². The number of fused-ring (bicyclic) bond motifs is 1. The van der Waals surface area contributed by atoms with Crippen LogP contribution in [0.1, 0.15) is 51.4 Å². The lowest BCUT2D eigenvalue weighted by Gasteiger charge is -2.30. The number of carbonyl (C=O) groups excluding carboxylic acids is 5. The van der Waals surface area contributed by atoms with E-state index in [0.29, 0.717) is 26.3 Å². The van der Waals surface area contributed by atoms with Crippen LogP contribution < -0.4 is 31.3 Å².